The van der Waals surface area contributed by atoms with Gasteiger partial charge < -0.3 is 0 Å². The van der Waals surface area contributed by atoms with Crippen molar-refractivity contribution in [2.24, 2.45) is 0 Å². The minimum absolute atomic E-state index is 0.0849. The number of hydrogen-bond acceptors (Lipinski definition) is 3. The Bertz CT molecular complexity index is 545. The van der Waals surface area contributed by atoms with Crippen molar-refractivity contribution >= 4 is 33.0 Å². The summed E-state index contributed by atoms with van der Waals surface area (Å²) in [6.45, 7) is 0.635. The standard InChI is InChI=1S/C12H15Cl2NO2S/c1-15(11-4-5-18(16,17)8-11)7-9-2-3-10(13)6-12(9)14/h2-3,6,11H,4-5,7-8H2,1H3. The van der Waals surface area contributed by atoms with Crippen molar-refractivity contribution in [2.45, 2.75) is 19.0 Å². The van der Waals surface area contributed by atoms with Gasteiger partial charge in [-0.15, -0.1) is 0 Å². The summed E-state index contributed by atoms with van der Waals surface area (Å²) in [7, 11) is -0.918. The molecule has 2 rings (SSSR count). The van der Waals surface area contributed by atoms with Crippen LogP contribution in [0.4, 0.5) is 0 Å². The topological polar surface area (TPSA) is 37.4 Å². The molecular weight excluding hydrogens is 293 g/mol. The zero-order chi connectivity index (χ0) is 13.3. The molecule has 1 aliphatic heterocycles. The lowest BCUT2D eigenvalue weighted by atomic mass is 10.1. The average molecular weight is 308 g/mol. The number of nitrogens with zero attached hydrogens (tertiary/aromatic N) is 1. The Kier molecular flexibility index (Phi) is 4.22. The maximum Gasteiger partial charge on any atom is 0.151 e. The molecular formula is C12H15Cl2NO2S. The zero-order valence-electron chi connectivity index (χ0n) is 10.1. The minimum Gasteiger partial charge on any atom is -0.298 e. The van der Waals surface area contributed by atoms with Gasteiger partial charge in [-0.1, -0.05) is 29.3 Å². The van der Waals surface area contributed by atoms with Crippen LogP contribution in [0.25, 0.3) is 0 Å². The number of halogens is 2. The number of rotatable bonds is 3. The smallest absolute Gasteiger partial charge is 0.151 e. The second kappa shape index (κ2) is 5.37. The Morgan fingerprint density at radius 3 is 2.67 bits per heavy atom. The van der Waals surface area contributed by atoms with Crippen molar-refractivity contribution in [3.8, 4) is 0 Å². The predicted octanol–water partition coefficient (Wildman–Crippen LogP) is 2.61. The first-order valence-corrected chi connectivity index (χ1v) is 8.30. The molecule has 0 N–H and O–H groups in total. The SMILES string of the molecule is CN(Cc1ccc(Cl)cc1Cl)C1CCS(=O)(=O)C1. The lowest BCUT2D eigenvalue weighted by Crippen LogP contribution is -2.32. The maximum absolute atomic E-state index is 11.4. The van der Waals surface area contributed by atoms with Crippen LogP contribution in [0.15, 0.2) is 18.2 Å². The number of sulfone groups is 1. The lowest BCUT2D eigenvalue weighted by molar-refractivity contribution is 0.254. The third-order valence-electron chi connectivity index (χ3n) is 3.27. The van der Waals surface area contributed by atoms with Gasteiger partial charge in [-0.05, 0) is 31.2 Å². The van der Waals surface area contributed by atoms with Gasteiger partial charge in [-0.2, -0.15) is 0 Å². The fraction of sp³-hybridized carbons (Fsp3) is 0.500. The first kappa shape index (κ1) is 14.1. The van der Waals surface area contributed by atoms with E-state index in [1.807, 2.05) is 18.0 Å². The van der Waals surface area contributed by atoms with Crippen molar-refractivity contribution in [2.75, 3.05) is 18.6 Å². The third kappa shape index (κ3) is 3.38. The van der Waals surface area contributed by atoms with Gasteiger partial charge in [-0.25, -0.2) is 8.42 Å². The molecule has 0 aliphatic carbocycles. The van der Waals surface area contributed by atoms with Crippen LogP contribution < -0.4 is 0 Å². The largest absolute Gasteiger partial charge is 0.298 e. The molecule has 100 valence electrons. The van der Waals surface area contributed by atoms with Crippen molar-refractivity contribution in [1.82, 2.24) is 4.90 Å². The van der Waals surface area contributed by atoms with Gasteiger partial charge in [0.15, 0.2) is 9.84 Å². The van der Waals surface area contributed by atoms with Crippen LogP contribution in [0.2, 0.25) is 10.0 Å². The quantitative estimate of drug-likeness (QED) is 0.861. The summed E-state index contributed by atoms with van der Waals surface area (Å²) in [4.78, 5) is 2.04. The van der Waals surface area contributed by atoms with Crippen molar-refractivity contribution in [1.29, 1.82) is 0 Å². The molecule has 6 heteroatoms. The predicted molar refractivity (Wildman–Crippen MR) is 75.0 cm³/mol. The van der Waals surface area contributed by atoms with E-state index in [0.717, 1.165) is 5.56 Å². The molecule has 0 amide bonds. The first-order chi connectivity index (χ1) is 8.37. The molecule has 1 fully saturated rings. The van der Waals surface area contributed by atoms with Gasteiger partial charge in [0.25, 0.3) is 0 Å². The van der Waals surface area contributed by atoms with Gasteiger partial charge in [0.2, 0.25) is 0 Å². The van der Waals surface area contributed by atoms with E-state index in [1.165, 1.54) is 0 Å². The van der Waals surface area contributed by atoms with E-state index in [1.54, 1.807) is 12.1 Å². The summed E-state index contributed by atoms with van der Waals surface area (Å²) in [5.74, 6) is 0.533. The van der Waals surface area contributed by atoms with E-state index in [-0.39, 0.29) is 17.5 Å². The Morgan fingerprint density at radius 1 is 1.39 bits per heavy atom. The summed E-state index contributed by atoms with van der Waals surface area (Å²) in [5.41, 5.74) is 0.966. The lowest BCUT2D eigenvalue weighted by Gasteiger charge is -2.23. The van der Waals surface area contributed by atoms with Gasteiger partial charge in [0.1, 0.15) is 0 Å². The molecule has 0 saturated carbocycles. The van der Waals surface area contributed by atoms with Crippen LogP contribution in [0.3, 0.4) is 0 Å². The molecule has 0 spiro atoms. The highest BCUT2D eigenvalue weighted by Gasteiger charge is 2.30. The highest BCUT2D eigenvalue weighted by Crippen LogP contribution is 2.24. The zero-order valence-corrected chi connectivity index (χ0v) is 12.4. The van der Waals surface area contributed by atoms with Crippen molar-refractivity contribution < 1.29 is 8.42 Å². The van der Waals surface area contributed by atoms with Crippen LogP contribution in [-0.2, 0) is 16.4 Å². The van der Waals surface area contributed by atoms with E-state index in [4.69, 9.17) is 23.2 Å². The Morgan fingerprint density at radius 2 is 2.11 bits per heavy atom. The maximum atomic E-state index is 11.4. The second-order valence-corrected chi connectivity index (χ2v) is 7.78. The molecule has 18 heavy (non-hydrogen) atoms. The molecule has 1 heterocycles. The summed E-state index contributed by atoms with van der Waals surface area (Å²) >= 11 is 11.9. The second-order valence-electron chi connectivity index (χ2n) is 4.71. The van der Waals surface area contributed by atoms with E-state index >= 15 is 0 Å². The number of benzene rings is 1. The van der Waals surface area contributed by atoms with Gasteiger partial charge in [0.05, 0.1) is 11.5 Å². The molecule has 0 aromatic heterocycles. The molecule has 1 saturated heterocycles. The van der Waals surface area contributed by atoms with Gasteiger partial charge in [0, 0.05) is 22.6 Å². The summed E-state index contributed by atoms with van der Waals surface area (Å²) in [6.07, 6.45) is 0.698. The fourth-order valence-electron chi connectivity index (χ4n) is 2.17. The molecule has 1 aromatic rings. The third-order valence-corrected chi connectivity index (χ3v) is 5.60. The average Bonchev–Trinajstić information content (AvgIpc) is 2.63. The normalized spacial score (nSPS) is 22.6. The summed E-state index contributed by atoms with van der Waals surface area (Å²) < 4.78 is 22.9. The van der Waals surface area contributed by atoms with E-state index in [0.29, 0.717) is 23.0 Å². The molecule has 0 bridgehead atoms. The molecule has 1 unspecified atom stereocenters. The van der Waals surface area contributed by atoms with Gasteiger partial charge >= 0.3 is 0 Å². The monoisotopic (exact) mass is 307 g/mol. The van der Waals surface area contributed by atoms with Crippen LogP contribution >= 0.6 is 23.2 Å². The van der Waals surface area contributed by atoms with E-state index in [9.17, 15) is 8.42 Å². The molecule has 1 aliphatic rings. The van der Waals surface area contributed by atoms with Crippen molar-refractivity contribution in [3.63, 3.8) is 0 Å². The molecule has 0 radical (unpaired) electrons. The summed E-state index contributed by atoms with van der Waals surface area (Å²) in [6, 6.07) is 5.46. The first-order valence-electron chi connectivity index (χ1n) is 5.72. The highest BCUT2D eigenvalue weighted by molar-refractivity contribution is 7.91. The fourth-order valence-corrected chi connectivity index (χ4v) is 4.44. The minimum atomic E-state index is -2.85. The van der Waals surface area contributed by atoms with Crippen LogP contribution in [-0.4, -0.2) is 37.9 Å². The molecule has 3 nitrogen and oxygen atoms in total. The van der Waals surface area contributed by atoms with Crippen LogP contribution in [0.1, 0.15) is 12.0 Å². The summed E-state index contributed by atoms with van der Waals surface area (Å²) in [5, 5.41) is 1.23. The number of hydrogen-bond donors (Lipinski definition) is 0. The Balaban J connectivity index is 2.05. The molecule has 1 atom stereocenters. The Labute approximate surface area is 118 Å². The van der Waals surface area contributed by atoms with Crippen molar-refractivity contribution in [3.05, 3.63) is 33.8 Å². The van der Waals surface area contributed by atoms with Gasteiger partial charge in [-0.3, -0.25) is 4.90 Å². The molecule has 1 aromatic carbocycles. The van der Waals surface area contributed by atoms with E-state index < -0.39 is 9.84 Å². The van der Waals surface area contributed by atoms with E-state index in [2.05, 4.69) is 0 Å². The highest BCUT2D eigenvalue weighted by atomic mass is 35.5. The van der Waals surface area contributed by atoms with Crippen LogP contribution in [0.5, 0.6) is 0 Å². The Hall–Kier alpha value is -0.290. The van der Waals surface area contributed by atoms with Crippen LogP contribution in [0, 0.1) is 0 Å².